The largest absolute Gasteiger partial charge is 0.497 e. The second-order valence-electron chi connectivity index (χ2n) is 4.05. The molecular weight excluding hydrogens is 354 g/mol. The van der Waals surface area contributed by atoms with Gasteiger partial charge in [-0.1, -0.05) is 17.7 Å². The van der Waals surface area contributed by atoms with Crippen LogP contribution in [0.15, 0.2) is 34.8 Å². The molecule has 2 nitrogen and oxygen atoms in total. The first-order valence-electron chi connectivity index (χ1n) is 5.60. The third kappa shape index (κ3) is 2.80. The maximum atomic E-state index is 14.0. The van der Waals surface area contributed by atoms with E-state index in [9.17, 15) is 13.9 Å². The molecule has 0 fully saturated rings. The van der Waals surface area contributed by atoms with E-state index in [0.29, 0.717) is 10.2 Å². The third-order valence-electron chi connectivity index (χ3n) is 2.86. The monoisotopic (exact) mass is 362 g/mol. The Morgan fingerprint density at radius 3 is 2.45 bits per heavy atom. The van der Waals surface area contributed by atoms with Crippen molar-refractivity contribution in [1.82, 2.24) is 0 Å². The van der Waals surface area contributed by atoms with Crippen molar-refractivity contribution >= 4 is 27.5 Å². The summed E-state index contributed by atoms with van der Waals surface area (Å²) in [5.41, 5.74) is -0.148. The summed E-state index contributed by atoms with van der Waals surface area (Å²) < 4.78 is 33.1. The van der Waals surface area contributed by atoms with Gasteiger partial charge < -0.3 is 9.84 Å². The normalized spacial score (nSPS) is 12.3. The Bertz CT molecular complexity index is 649. The zero-order valence-corrected chi connectivity index (χ0v) is 12.7. The second-order valence-corrected chi connectivity index (χ2v) is 5.29. The van der Waals surface area contributed by atoms with Crippen molar-refractivity contribution in [1.29, 1.82) is 0 Å². The molecule has 1 atom stereocenters. The fourth-order valence-electron chi connectivity index (χ4n) is 1.78. The number of benzene rings is 2. The Morgan fingerprint density at radius 1 is 1.20 bits per heavy atom. The number of methoxy groups -OCH3 is 1. The molecule has 0 radical (unpaired) electrons. The van der Waals surface area contributed by atoms with E-state index in [1.807, 2.05) is 0 Å². The Hall–Kier alpha value is -1.17. The molecule has 0 saturated heterocycles. The van der Waals surface area contributed by atoms with Gasteiger partial charge >= 0.3 is 0 Å². The Labute approximate surface area is 128 Å². The van der Waals surface area contributed by atoms with Crippen LogP contribution >= 0.6 is 27.5 Å². The van der Waals surface area contributed by atoms with Crippen molar-refractivity contribution in [2.75, 3.05) is 7.11 Å². The average Bonchev–Trinajstić information content (AvgIpc) is 2.44. The fraction of sp³-hybridized carbons (Fsp3) is 0.143. The van der Waals surface area contributed by atoms with Crippen LogP contribution in [-0.4, -0.2) is 12.2 Å². The van der Waals surface area contributed by atoms with E-state index in [1.54, 1.807) is 0 Å². The molecule has 0 aromatic heterocycles. The summed E-state index contributed by atoms with van der Waals surface area (Å²) >= 11 is 8.83. The van der Waals surface area contributed by atoms with Gasteiger partial charge in [-0.3, -0.25) is 0 Å². The van der Waals surface area contributed by atoms with Crippen LogP contribution in [0.25, 0.3) is 0 Å². The highest BCUT2D eigenvalue weighted by atomic mass is 79.9. The predicted octanol–water partition coefficient (Wildman–Crippen LogP) is 4.47. The quantitative estimate of drug-likeness (QED) is 0.815. The topological polar surface area (TPSA) is 29.5 Å². The van der Waals surface area contributed by atoms with Gasteiger partial charge in [0.15, 0.2) is 0 Å². The van der Waals surface area contributed by atoms with Gasteiger partial charge in [-0.25, -0.2) is 8.78 Å². The maximum Gasteiger partial charge on any atom is 0.149 e. The van der Waals surface area contributed by atoms with E-state index in [2.05, 4.69) is 15.9 Å². The summed E-state index contributed by atoms with van der Waals surface area (Å²) in [4.78, 5) is 0. The summed E-state index contributed by atoms with van der Waals surface area (Å²) in [6, 6.07) is 6.79. The number of ether oxygens (including phenoxy) is 1. The van der Waals surface area contributed by atoms with Gasteiger partial charge in [-0.15, -0.1) is 0 Å². The zero-order chi connectivity index (χ0) is 14.9. The van der Waals surface area contributed by atoms with Crippen molar-refractivity contribution in [2.24, 2.45) is 0 Å². The molecule has 0 amide bonds. The van der Waals surface area contributed by atoms with Crippen LogP contribution in [0.5, 0.6) is 5.75 Å². The molecule has 2 aromatic carbocycles. The lowest BCUT2D eigenvalue weighted by Crippen LogP contribution is -2.06. The van der Waals surface area contributed by atoms with Gasteiger partial charge in [0.25, 0.3) is 0 Å². The average molecular weight is 364 g/mol. The summed E-state index contributed by atoms with van der Waals surface area (Å²) in [5, 5.41) is 9.98. The number of rotatable bonds is 3. The van der Waals surface area contributed by atoms with Gasteiger partial charge in [0.2, 0.25) is 0 Å². The van der Waals surface area contributed by atoms with Crippen molar-refractivity contribution in [3.05, 3.63) is 62.6 Å². The van der Waals surface area contributed by atoms with Crippen LogP contribution in [0.2, 0.25) is 5.02 Å². The Kier molecular flexibility index (Phi) is 4.62. The van der Waals surface area contributed by atoms with Crippen LogP contribution in [0, 0.1) is 11.6 Å². The lowest BCUT2D eigenvalue weighted by Gasteiger charge is -2.15. The second kappa shape index (κ2) is 6.08. The molecule has 106 valence electrons. The van der Waals surface area contributed by atoms with Crippen molar-refractivity contribution < 1.29 is 18.6 Å². The number of aliphatic hydroxyl groups is 1. The van der Waals surface area contributed by atoms with Crippen LogP contribution in [0.1, 0.15) is 17.2 Å². The van der Waals surface area contributed by atoms with Crippen molar-refractivity contribution in [3.63, 3.8) is 0 Å². The van der Waals surface area contributed by atoms with Crippen molar-refractivity contribution in [2.45, 2.75) is 6.10 Å². The van der Waals surface area contributed by atoms with E-state index < -0.39 is 17.7 Å². The SMILES string of the molecule is COc1ccc(C(O)c2ccc(Br)c(Cl)c2F)c(F)c1. The molecule has 0 bridgehead atoms. The lowest BCUT2D eigenvalue weighted by atomic mass is 10.0. The molecule has 2 rings (SSSR count). The van der Waals surface area contributed by atoms with Crippen LogP contribution in [0.3, 0.4) is 0 Å². The molecule has 1 unspecified atom stereocenters. The first-order valence-corrected chi connectivity index (χ1v) is 6.77. The van der Waals surface area contributed by atoms with E-state index in [4.69, 9.17) is 16.3 Å². The molecule has 0 saturated carbocycles. The molecule has 0 spiro atoms. The highest BCUT2D eigenvalue weighted by Gasteiger charge is 2.21. The standard InChI is InChI=1S/C14H10BrClF2O2/c1-20-7-2-3-8(11(17)6-7)14(19)9-4-5-10(15)12(16)13(9)18/h2-6,14,19H,1H3. The number of hydrogen-bond acceptors (Lipinski definition) is 2. The number of halogens is 4. The molecular formula is C14H10BrClF2O2. The van der Waals surface area contributed by atoms with Gasteiger partial charge in [0.1, 0.15) is 23.5 Å². The minimum Gasteiger partial charge on any atom is -0.497 e. The van der Waals surface area contributed by atoms with Crippen LogP contribution in [-0.2, 0) is 0 Å². The van der Waals surface area contributed by atoms with Crippen LogP contribution < -0.4 is 4.74 Å². The van der Waals surface area contributed by atoms with E-state index in [1.165, 1.54) is 31.4 Å². The highest BCUT2D eigenvalue weighted by molar-refractivity contribution is 9.10. The predicted molar refractivity (Wildman–Crippen MR) is 76.1 cm³/mol. The highest BCUT2D eigenvalue weighted by Crippen LogP contribution is 2.34. The lowest BCUT2D eigenvalue weighted by molar-refractivity contribution is 0.209. The minimum atomic E-state index is -1.45. The first-order chi connectivity index (χ1) is 9.45. The van der Waals surface area contributed by atoms with Gasteiger partial charge in [0, 0.05) is 21.7 Å². The molecule has 1 N–H and O–H groups in total. The Morgan fingerprint density at radius 2 is 1.85 bits per heavy atom. The molecule has 0 aliphatic heterocycles. The van der Waals surface area contributed by atoms with Gasteiger partial charge in [-0.05, 0) is 34.1 Å². The van der Waals surface area contributed by atoms with E-state index >= 15 is 0 Å². The summed E-state index contributed by atoms with van der Waals surface area (Å²) in [7, 11) is 1.40. The number of hydrogen-bond donors (Lipinski definition) is 1. The first kappa shape index (κ1) is 15.2. The van der Waals surface area contributed by atoms with Gasteiger partial charge in [0.05, 0.1) is 12.1 Å². The fourth-order valence-corrected chi connectivity index (χ4v) is 2.25. The minimum absolute atomic E-state index is 0.0527. The summed E-state index contributed by atoms with van der Waals surface area (Å²) in [6.45, 7) is 0. The van der Waals surface area contributed by atoms with Crippen molar-refractivity contribution in [3.8, 4) is 5.75 Å². The smallest absolute Gasteiger partial charge is 0.149 e. The van der Waals surface area contributed by atoms with E-state index in [-0.39, 0.29) is 16.1 Å². The molecule has 0 aliphatic carbocycles. The molecule has 20 heavy (non-hydrogen) atoms. The maximum absolute atomic E-state index is 14.0. The summed E-state index contributed by atoms with van der Waals surface area (Å²) in [6.07, 6.45) is -1.45. The molecule has 6 heteroatoms. The Balaban J connectivity index is 2.46. The molecule has 0 aliphatic rings. The summed E-state index contributed by atoms with van der Waals surface area (Å²) in [5.74, 6) is -1.16. The number of aliphatic hydroxyl groups excluding tert-OH is 1. The zero-order valence-electron chi connectivity index (χ0n) is 10.3. The molecule has 2 aromatic rings. The molecule has 0 heterocycles. The van der Waals surface area contributed by atoms with E-state index in [0.717, 1.165) is 6.07 Å². The van der Waals surface area contributed by atoms with Crippen LogP contribution in [0.4, 0.5) is 8.78 Å². The van der Waals surface area contributed by atoms with Gasteiger partial charge in [-0.2, -0.15) is 0 Å². The third-order valence-corrected chi connectivity index (χ3v) is 4.12.